The van der Waals surface area contributed by atoms with Crippen molar-refractivity contribution in [2.75, 3.05) is 0 Å². The van der Waals surface area contributed by atoms with Crippen LogP contribution in [0.5, 0.6) is 0 Å². The van der Waals surface area contributed by atoms with Crippen molar-refractivity contribution in [3.05, 3.63) is 216 Å². The van der Waals surface area contributed by atoms with Gasteiger partial charge < -0.3 is 10.2 Å². The van der Waals surface area contributed by atoms with Gasteiger partial charge in [-0.05, 0) is 89.0 Å². The molecule has 52 heavy (non-hydrogen) atoms. The third-order valence-electron chi connectivity index (χ3n) is 11.6. The maximum Gasteiger partial charge on any atom is 0.123 e. The number of allylic oxidation sites excluding steroid dienone is 2. The van der Waals surface area contributed by atoms with Crippen molar-refractivity contribution in [3.63, 3.8) is 0 Å². The van der Waals surface area contributed by atoms with Gasteiger partial charge in [0.1, 0.15) is 11.2 Å². The minimum atomic E-state index is -1.50. The monoisotopic (exact) mass is 668 g/mol. The van der Waals surface area contributed by atoms with E-state index in [1.807, 2.05) is 36.4 Å². The van der Waals surface area contributed by atoms with Crippen LogP contribution in [0.25, 0.3) is 54.6 Å². The Kier molecular flexibility index (Phi) is 6.94. The van der Waals surface area contributed by atoms with E-state index in [0.717, 1.165) is 76.8 Å². The molecule has 10 rings (SSSR count). The van der Waals surface area contributed by atoms with Gasteiger partial charge >= 0.3 is 0 Å². The van der Waals surface area contributed by atoms with Crippen molar-refractivity contribution in [2.24, 2.45) is 11.8 Å². The van der Waals surface area contributed by atoms with E-state index in [1.165, 1.54) is 0 Å². The Balaban J connectivity index is 1.35. The van der Waals surface area contributed by atoms with Gasteiger partial charge in [0, 0.05) is 11.8 Å². The third-order valence-corrected chi connectivity index (χ3v) is 11.6. The molecule has 0 aromatic heterocycles. The summed E-state index contributed by atoms with van der Waals surface area (Å²) in [7, 11) is 0. The van der Waals surface area contributed by atoms with E-state index in [-0.39, 0.29) is 0 Å². The van der Waals surface area contributed by atoms with Gasteiger partial charge in [-0.3, -0.25) is 0 Å². The predicted molar refractivity (Wildman–Crippen MR) is 214 cm³/mol. The van der Waals surface area contributed by atoms with Gasteiger partial charge in [0.2, 0.25) is 0 Å². The molecule has 4 atom stereocenters. The van der Waals surface area contributed by atoms with Crippen molar-refractivity contribution in [3.8, 4) is 22.3 Å². The zero-order chi connectivity index (χ0) is 34.9. The molecule has 2 N–H and O–H groups in total. The molecule has 2 aliphatic carbocycles. The highest BCUT2D eigenvalue weighted by atomic mass is 16.3. The minimum absolute atomic E-state index is 0.505. The molecule has 248 valence electrons. The molecule has 0 heterocycles. The first-order valence-corrected chi connectivity index (χ1v) is 18.1. The second-order valence-corrected chi connectivity index (χ2v) is 14.2. The van der Waals surface area contributed by atoms with Gasteiger partial charge in [-0.1, -0.05) is 182 Å². The molecule has 8 aromatic carbocycles. The first-order valence-electron chi connectivity index (χ1n) is 18.1. The molecule has 0 fully saturated rings. The van der Waals surface area contributed by atoms with Crippen LogP contribution >= 0.6 is 0 Å². The molecular formula is C50H36O2. The maximum atomic E-state index is 14.0. The smallest absolute Gasteiger partial charge is 0.123 e. The van der Waals surface area contributed by atoms with Crippen molar-refractivity contribution in [1.29, 1.82) is 0 Å². The van der Waals surface area contributed by atoms with E-state index in [4.69, 9.17) is 0 Å². The van der Waals surface area contributed by atoms with E-state index in [2.05, 4.69) is 158 Å². The first kappa shape index (κ1) is 30.7. The normalized spacial score (nSPS) is 22.0. The standard InChI is InChI=1S/C50H36O2/c51-49(43-29-27-33-15-9-11-23-39(33)47(43)35-17-3-1-4-18-35)41-25-13-14-26-42(41)50(52,46-32-38-22-8-7-21-37(38)31-45(46)49)44-30-28-34-16-10-12-24-40(34)48(44)36-19-5-2-6-20-36/h1-32,41-42,51-52H. The maximum absolute atomic E-state index is 14.0. The number of fused-ring (bicyclic) bond motifs is 5. The lowest BCUT2D eigenvalue weighted by molar-refractivity contribution is -0.0708. The fourth-order valence-corrected chi connectivity index (χ4v) is 9.29. The SMILES string of the molecule is OC1(c2ccc3ccccc3c2-c2ccccc2)c2cc3ccccc3cc2C(O)(c2ccc3ccccc3c2-c2ccccc2)C2C=CC=CC21. The van der Waals surface area contributed by atoms with Crippen molar-refractivity contribution < 1.29 is 10.2 Å². The van der Waals surface area contributed by atoms with Crippen LogP contribution in [0.4, 0.5) is 0 Å². The number of hydrogen-bond donors (Lipinski definition) is 2. The molecule has 0 saturated heterocycles. The molecule has 8 aromatic rings. The molecule has 0 bridgehead atoms. The quantitative estimate of drug-likeness (QED) is 0.196. The number of aliphatic hydroxyl groups is 2. The van der Waals surface area contributed by atoms with E-state index < -0.39 is 23.0 Å². The summed E-state index contributed by atoms with van der Waals surface area (Å²) in [5, 5.41) is 34.4. The third kappa shape index (κ3) is 4.38. The summed E-state index contributed by atoms with van der Waals surface area (Å²) in [4.78, 5) is 0. The Hall–Kier alpha value is -6.06. The van der Waals surface area contributed by atoms with E-state index in [1.54, 1.807) is 0 Å². The van der Waals surface area contributed by atoms with Crippen molar-refractivity contribution in [1.82, 2.24) is 0 Å². The van der Waals surface area contributed by atoms with Crippen LogP contribution in [0.15, 0.2) is 194 Å². The number of benzene rings is 8. The Labute approximate surface area is 303 Å². The summed E-state index contributed by atoms with van der Waals surface area (Å²) in [6.45, 7) is 0. The second kappa shape index (κ2) is 11.7. The van der Waals surface area contributed by atoms with Crippen LogP contribution in [0.2, 0.25) is 0 Å². The summed E-state index contributed by atoms with van der Waals surface area (Å²) in [6.07, 6.45) is 8.28. The summed E-state index contributed by atoms with van der Waals surface area (Å²) < 4.78 is 0. The Bertz CT molecular complexity index is 2540. The fourth-order valence-electron chi connectivity index (χ4n) is 9.29. The molecule has 2 aliphatic rings. The lowest BCUT2D eigenvalue weighted by Crippen LogP contribution is -2.54. The van der Waals surface area contributed by atoms with E-state index >= 15 is 0 Å². The number of rotatable bonds is 4. The Morgan fingerprint density at radius 3 is 1.13 bits per heavy atom. The summed E-state index contributed by atoms with van der Waals surface area (Å²) in [5.74, 6) is -1.01. The van der Waals surface area contributed by atoms with Gasteiger partial charge in [0.25, 0.3) is 0 Å². The Morgan fingerprint density at radius 2 is 0.712 bits per heavy atom. The topological polar surface area (TPSA) is 40.5 Å². The average molecular weight is 669 g/mol. The highest BCUT2D eigenvalue weighted by molar-refractivity contribution is 6.01. The molecular weight excluding hydrogens is 633 g/mol. The Morgan fingerprint density at radius 1 is 0.346 bits per heavy atom. The molecule has 4 unspecified atom stereocenters. The van der Waals surface area contributed by atoms with Gasteiger partial charge in [0.15, 0.2) is 0 Å². The molecule has 2 nitrogen and oxygen atoms in total. The van der Waals surface area contributed by atoms with Crippen LogP contribution in [0, 0.1) is 11.8 Å². The van der Waals surface area contributed by atoms with Crippen LogP contribution in [0.1, 0.15) is 22.3 Å². The van der Waals surface area contributed by atoms with E-state index in [0.29, 0.717) is 0 Å². The number of hydrogen-bond acceptors (Lipinski definition) is 2. The van der Waals surface area contributed by atoms with Gasteiger partial charge in [0.05, 0.1) is 0 Å². The van der Waals surface area contributed by atoms with E-state index in [9.17, 15) is 10.2 Å². The van der Waals surface area contributed by atoms with Crippen LogP contribution in [-0.2, 0) is 11.2 Å². The zero-order valence-corrected chi connectivity index (χ0v) is 28.5. The predicted octanol–water partition coefficient (Wildman–Crippen LogP) is 11.3. The summed E-state index contributed by atoms with van der Waals surface area (Å²) >= 11 is 0. The summed E-state index contributed by atoms with van der Waals surface area (Å²) in [6, 6.07) is 58.7. The lowest BCUT2D eigenvalue weighted by Gasteiger charge is -2.54. The lowest BCUT2D eigenvalue weighted by atomic mass is 9.53. The van der Waals surface area contributed by atoms with Gasteiger partial charge in [-0.25, -0.2) is 0 Å². The fraction of sp³-hybridized carbons (Fsp3) is 0.0800. The van der Waals surface area contributed by atoms with Crippen molar-refractivity contribution >= 4 is 32.3 Å². The average Bonchev–Trinajstić information content (AvgIpc) is 3.22. The largest absolute Gasteiger partial charge is 0.380 e. The minimum Gasteiger partial charge on any atom is -0.380 e. The van der Waals surface area contributed by atoms with Crippen LogP contribution < -0.4 is 0 Å². The van der Waals surface area contributed by atoms with Gasteiger partial charge in [-0.2, -0.15) is 0 Å². The van der Waals surface area contributed by atoms with Gasteiger partial charge in [-0.15, -0.1) is 0 Å². The summed E-state index contributed by atoms with van der Waals surface area (Å²) in [5.41, 5.74) is 4.17. The second-order valence-electron chi connectivity index (χ2n) is 14.2. The highest BCUT2D eigenvalue weighted by Crippen LogP contribution is 2.61. The molecule has 0 spiro atoms. The zero-order valence-electron chi connectivity index (χ0n) is 28.5. The highest BCUT2D eigenvalue weighted by Gasteiger charge is 2.59. The molecule has 0 radical (unpaired) electrons. The molecule has 2 heteroatoms. The van der Waals surface area contributed by atoms with Crippen LogP contribution in [-0.4, -0.2) is 10.2 Å². The first-order chi connectivity index (χ1) is 25.6. The molecule has 0 aliphatic heterocycles. The van der Waals surface area contributed by atoms with Crippen molar-refractivity contribution in [2.45, 2.75) is 11.2 Å². The van der Waals surface area contributed by atoms with Crippen LogP contribution in [0.3, 0.4) is 0 Å². The molecule has 0 amide bonds. The molecule has 0 saturated carbocycles.